The molecule has 0 aliphatic heterocycles. The summed E-state index contributed by atoms with van der Waals surface area (Å²) in [6.07, 6.45) is 0.860. The minimum atomic E-state index is 0.333. The summed E-state index contributed by atoms with van der Waals surface area (Å²) in [5.74, 6) is 1.97. The van der Waals surface area contributed by atoms with Crippen molar-refractivity contribution in [3.05, 3.63) is 22.6 Å². The van der Waals surface area contributed by atoms with Crippen molar-refractivity contribution >= 4 is 27.7 Å². The van der Waals surface area contributed by atoms with E-state index in [4.69, 9.17) is 9.47 Å². The summed E-state index contributed by atoms with van der Waals surface area (Å²) in [5, 5.41) is 0.936. The van der Waals surface area contributed by atoms with E-state index >= 15 is 0 Å². The number of fused-ring (bicyclic) bond motifs is 1. The van der Waals surface area contributed by atoms with Crippen LogP contribution in [0.25, 0.3) is 10.1 Å². The Labute approximate surface area is 110 Å². The van der Waals surface area contributed by atoms with E-state index < -0.39 is 0 Å². The first-order valence-corrected chi connectivity index (χ1v) is 6.57. The first-order valence-electron chi connectivity index (χ1n) is 5.76. The van der Waals surface area contributed by atoms with Crippen LogP contribution in [0.2, 0.25) is 0 Å². The summed E-state index contributed by atoms with van der Waals surface area (Å²) in [6.45, 7) is 4.22. The zero-order valence-electron chi connectivity index (χ0n) is 10.9. The summed E-state index contributed by atoms with van der Waals surface area (Å²) in [5.41, 5.74) is 1.10. The Morgan fingerprint density at radius 1 is 1.22 bits per heavy atom. The molecule has 0 amide bonds. The van der Waals surface area contributed by atoms with Crippen LogP contribution in [-0.2, 0) is 0 Å². The van der Waals surface area contributed by atoms with Crippen molar-refractivity contribution < 1.29 is 14.3 Å². The fourth-order valence-corrected chi connectivity index (χ4v) is 3.07. The van der Waals surface area contributed by atoms with Crippen LogP contribution in [0.4, 0.5) is 0 Å². The van der Waals surface area contributed by atoms with Crippen molar-refractivity contribution in [2.24, 2.45) is 0 Å². The first kappa shape index (κ1) is 12.9. The van der Waals surface area contributed by atoms with Gasteiger partial charge in [-0.3, -0.25) is 4.79 Å². The molecule has 0 saturated carbocycles. The highest BCUT2D eigenvalue weighted by Crippen LogP contribution is 2.43. The molecule has 1 heterocycles. The number of aldehydes is 1. The molecule has 0 N–H and O–H groups in total. The number of rotatable bonds is 4. The number of hydrogen-bond acceptors (Lipinski definition) is 4. The quantitative estimate of drug-likeness (QED) is 0.787. The van der Waals surface area contributed by atoms with Crippen LogP contribution in [-0.4, -0.2) is 20.5 Å². The number of hydrogen-bond donors (Lipinski definition) is 0. The first-order chi connectivity index (χ1) is 8.62. The van der Waals surface area contributed by atoms with Gasteiger partial charge in [0.1, 0.15) is 11.5 Å². The molecular formula is C14H16O3S. The zero-order chi connectivity index (χ0) is 13.3. The van der Waals surface area contributed by atoms with Crippen molar-refractivity contribution in [3.63, 3.8) is 0 Å². The summed E-state index contributed by atoms with van der Waals surface area (Å²) in [7, 11) is 3.30. The van der Waals surface area contributed by atoms with Gasteiger partial charge in [0.25, 0.3) is 0 Å². The van der Waals surface area contributed by atoms with E-state index in [1.165, 1.54) is 11.3 Å². The topological polar surface area (TPSA) is 35.5 Å². The van der Waals surface area contributed by atoms with Gasteiger partial charge in [0.15, 0.2) is 6.29 Å². The third-order valence-corrected chi connectivity index (χ3v) is 3.99. The van der Waals surface area contributed by atoms with E-state index in [9.17, 15) is 4.79 Å². The molecule has 1 aromatic heterocycles. The van der Waals surface area contributed by atoms with Gasteiger partial charge in [-0.2, -0.15) is 0 Å². The van der Waals surface area contributed by atoms with E-state index in [0.717, 1.165) is 33.4 Å². The summed E-state index contributed by atoms with van der Waals surface area (Å²) >= 11 is 1.44. The van der Waals surface area contributed by atoms with Gasteiger partial charge in [-0.15, -0.1) is 11.3 Å². The standard InChI is InChI=1S/C14H16O3S/c1-8(2)10-6-12(16-3)11-5-9(7-15)18-14(11)13(10)17-4/h5-8H,1-4H3. The predicted molar refractivity (Wildman–Crippen MR) is 74.4 cm³/mol. The van der Waals surface area contributed by atoms with Crippen LogP contribution in [0.15, 0.2) is 12.1 Å². The third-order valence-electron chi connectivity index (χ3n) is 2.93. The van der Waals surface area contributed by atoms with Gasteiger partial charge in [0.2, 0.25) is 0 Å². The monoisotopic (exact) mass is 264 g/mol. The molecule has 2 rings (SSSR count). The van der Waals surface area contributed by atoms with Crippen molar-refractivity contribution in [2.75, 3.05) is 14.2 Å². The Morgan fingerprint density at radius 3 is 2.44 bits per heavy atom. The van der Waals surface area contributed by atoms with Gasteiger partial charge in [-0.1, -0.05) is 13.8 Å². The van der Waals surface area contributed by atoms with E-state index in [1.807, 2.05) is 12.1 Å². The molecule has 2 aromatic rings. The largest absolute Gasteiger partial charge is 0.496 e. The van der Waals surface area contributed by atoms with Gasteiger partial charge >= 0.3 is 0 Å². The van der Waals surface area contributed by atoms with Crippen molar-refractivity contribution in [3.8, 4) is 11.5 Å². The van der Waals surface area contributed by atoms with Crippen molar-refractivity contribution in [1.29, 1.82) is 0 Å². The zero-order valence-corrected chi connectivity index (χ0v) is 11.8. The summed E-state index contributed by atoms with van der Waals surface area (Å²) in [4.78, 5) is 11.6. The smallest absolute Gasteiger partial charge is 0.160 e. The van der Waals surface area contributed by atoms with Crippen molar-refractivity contribution in [2.45, 2.75) is 19.8 Å². The Kier molecular flexibility index (Phi) is 3.57. The Bertz CT molecular complexity index is 584. The number of ether oxygens (including phenoxy) is 2. The second-order valence-electron chi connectivity index (χ2n) is 4.37. The average Bonchev–Trinajstić information content (AvgIpc) is 2.80. The highest BCUT2D eigenvalue weighted by Gasteiger charge is 2.18. The van der Waals surface area contributed by atoms with Crippen LogP contribution >= 0.6 is 11.3 Å². The molecule has 0 aliphatic carbocycles. The van der Waals surface area contributed by atoms with Gasteiger partial charge in [-0.05, 0) is 18.1 Å². The Balaban J connectivity index is 2.84. The van der Waals surface area contributed by atoms with E-state index in [0.29, 0.717) is 10.8 Å². The molecule has 18 heavy (non-hydrogen) atoms. The Morgan fingerprint density at radius 2 is 1.94 bits per heavy atom. The second kappa shape index (κ2) is 4.98. The normalized spacial score (nSPS) is 10.9. The predicted octanol–water partition coefficient (Wildman–Crippen LogP) is 3.85. The molecule has 4 heteroatoms. The van der Waals surface area contributed by atoms with Crippen LogP contribution < -0.4 is 9.47 Å². The van der Waals surface area contributed by atoms with Gasteiger partial charge in [-0.25, -0.2) is 0 Å². The number of carbonyl (C=O) groups is 1. The minimum Gasteiger partial charge on any atom is -0.496 e. The van der Waals surface area contributed by atoms with Crippen LogP contribution in [0.1, 0.15) is 35.0 Å². The summed E-state index contributed by atoms with van der Waals surface area (Å²) in [6, 6.07) is 3.84. The Hall–Kier alpha value is -1.55. The molecule has 0 unspecified atom stereocenters. The number of benzene rings is 1. The molecule has 0 fully saturated rings. The summed E-state index contributed by atoms with van der Waals surface area (Å²) < 4.78 is 11.9. The van der Waals surface area contributed by atoms with Gasteiger partial charge < -0.3 is 9.47 Å². The molecule has 0 saturated heterocycles. The number of methoxy groups -OCH3 is 2. The lowest BCUT2D eigenvalue weighted by Gasteiger charge is -2.15. The SMILES string of the molecule is COc1cc(C(C)C)c(OC)c2sc(C=O)cc12. The van der Waals surface area contributed by atoms with Crippen LogP contribution in [0.5, 0.6) is 11.5 Å². The lowest BCUT2D eigenvalue weighted by molar-refractivity contribution is 0.112. The number of carbonyl (C=O) groups excluding carboxylic acids is 1. The fourth-order valence-electron chi connectivity index (χ4n) is 2.04. The molecule has 0 spiro atoms. The van der Waals surface area contributed by atoms with Crippen LogP contribution in [0.3, 0.4) is 0 Å². The maximum Gasteiger partial charge on any atom is 0.160 e. The fraction of sp³-hybridized carbons (Fsp3) is 0.357. The second-order valence-corrected chi connectivity index (χ2v) is 5.45. The maximum absolute atomic E-state index is 10.9. The molecule has 1 aromatic carbocycles. The highest BCUT2D eigenvalue weighted by molar-refractivity contribution is 7.21. The highest BCUT2D eigenvalue weighted by atomic mass is 32.1. The number of thiophene rings is 1. The van der Waals surface area contributed by atoms with E-state index in [2.05, 4.69) is 13.8 Å². The molecule has 0 atom stereocenters. The third kappa shape index (κ3) is 1.97. The molecule has 0 radical (unpaired) electrons. The van der Waals surface area contributed by atoms with E-state index in [-0.39, 0.29) is 0 Å². The molecule has 0 bridgehead atoms. The van der Waals surface area contributed by atoms with E-state index in [1.54, 1.807) is 14.2 Å². The molecule has 3 nitrogen and oxygen atoms in total. The lowest BCUT2D eigenvalue weighted by Crippen LogP contribution is -1.96. The maximum atomic E-state index is 10.9. The molecule has 96 valence electrons. The van der Waals surface area contributed by atoms with Crippen molar-refractivity contribution in [1.82, 2.24) is 0 Å². The lowest BCUT2D eigenvalue weighted by atomic mass is 10.0. The van der Waals surface area contributed by atoms with Gasteiger partial charge in [0, 0.05) is 10.9 Å². The van der Waals surface area contributed by atoms with Gasteiger partial charge in [0.05, 0.1) is 23.8 Å². The molecular weight excluding hydrogens is 248 g/mol. The molecule has 0 aliphatic rings. The van der Waals surface area contributed by atoms with Crippen LogP contribution in [0, 0.1) is 0 Å². The average molecular weight is 264 g/mol. The minimum absolute atomic E-state index is 0.333.